The van der Waals surface area contributed by atoms with Crippen molar-refractivity contribution in [2.24, 2.45) is 5.92 Å². The maximum absolute atomic E-state index is 11.3. The number of rotatable bonds is 7. The summed E-state index contributed by atoms with van der Waals surface area (Å²) >= 11 is 0. The summed E-state index contributed by atoms with van der Waals surface area (Å²) in [6.07, 6.45) is 6.79. The van der Waals surface area contributed by atoms with Crippen molar-refractivity contribution in [1.82, 2.24) is 10.6 Å². The van der Waals surface area contributed by atoms with Gasteiger partial charge >= 0.3 is 0 Å². The predicted octanol–water partition coefficient (Wildman–Crippen LogP) is 1.43. The van der Waals surface area contributed by atoms with Gasteiger partial charge in [-0.1, -0.05) is 0 Å². The van der Waals surface area contributed by atoms with Crippen LogP contribution in [0.5, 0.6) is 0 Å². The maximum atomic E-state index is 11.3. The Morgan fingerprint density at radius 1 is 1.33 bits per heavy atom. The summed E-state index contributed by atoms with van der Waals surface area (Å²) < 4.78 is 0. The van der Waals surface area contributed by atoms with Gasteiger partial charge in [0.05, 0.1) is 0 Å². The van der Waals surface area contributed by atoms with Gasteiger partial charge < -0.3 is 10.6 Å². The fourth-order valence-corrected chi connectivity index (χ4v) is 1.87. The second-order valence-corrected chi connectivity index (χ2v) is 5.03. The van der Waals surface area contributed by atoms with E-state index in [9.17, 15) is 4.79 Å². The Balaban J connectivity index is 1.44. The Morgan fingerprint density at radius 2 is 2.07 bits per heavy atom. The van der Waals surface area contributed by atoms with E-state index in [1.807, 2.05) is 0 Å². The molecule has 1 atom stereocenters. The molecular formula is C12H22N2O. The molecule has 1 amide bonds. The highest BCUT2D eigenvalue weighted by Gasteiger charge is 2.27. The van der Waals surface area contributed by atoms with Crippen molar-refractivity contribution >= 4 is 5.91 Å². The van der Waals surface area contributed by atoms with E-state index in [4.69, 9.17) is 0 Å². The van der Waals surface area contributed by atoms with Crippen LogP contribution in [-0.4, -0.2) is 24.5 Å². The first-order valence-electron chi connectivity index (χ1n) is 6.28. The zero-order valence-electron chi connectivity index (χ0n) is 9.59. The summed E-state index contributed by atoms with van der Waals surface area (Å²) in [5.74, 6) is 1.14. The normalized spacial score (nSPS) is 22.5. The molecule has 0 bridgehead atoms. The molecule has 2 N–H and O–H groups in total. The second-order valence-electron chi connectivity index (χ2n) is 5.03. The summed E-state index contributed by atoms with van der Waals surface area (Å²) in [5, 5.41) is 6.50. The van der Waals surface area contributed by atoms with Gasteiger partial charge in [0.25, 0.3) is 0 Å². The quantitative estimate of drug-likeness (QED) is 0.624. The Bertz CT molecular complexity index is 222. The van der Waals surface area contributed by atoms with Crippen LogP contribution in [0.25, 0.3) is 0 Å². The smallest absolute Gasteiger partial charge is 0.220 e. The summed E-state index contributed by atoms with van der Waals surface area (Å²) in [4.78, 5) is 11.3. The molecule has 2 saturated carbocycles. The van der Waals surface area contributed by atoms with Gasteiger partial charge in [0.15, 0.2) is 0 Å². The SMILES string of the molecule is CC(NCCCC(=O)NC1CC1)C1CC1. The topological polar surface area (TPSA) is 41.1 Å². The second kappa shape index (κ2) is 4.97. The Hall–Kier alpha value is -0.570. The van der Waals surface area contributed by atoms with Crippen LogP contribution in [0.15, 0.2) is 0 Å². The van der Waals surface area contributed by atoms with Crippen molar-refractivity contribution < 1.29 is 4.79 Å². The number of amides is 1. The van der Waals surface area contributed by atoms with Crippen LogP contribution in [0, 0.1) is 5.92 Å². The monoisotopic (exact) mass is 210 g/mol. The van der Waals surface area contributed by atoms with E-state index >= 15 is 0 Å². The fraction of sp³-hybridized carbons (Fsp3) is 0.917. The number of nitrogens with one attached hydrogen (secondary N) is 2. The molecule has 3 nitrogen and oxygen atoms in total. The van der Waals surface area contributed by atoms with E-state index in [0.717, 1.165) is 18.9 Å². The highest BCUT2D eigenvalue weighted by atomic mass is 16.1. The molecule has 2 fully saturated rings. The van der Waals surface area contributed by atoms with E-state index < -0.39 is 0 Å². The molecule has 0 saturated heterocycles. The zero-order chi connectivity index (χ0) is 10.7. The third-order valence-electron chi connectivity index (χ3n) is 3.32. The van der Waals surface area contributed by atoms with Crippen LogP contribution in [0.2, 0.25) is 0 Å². The minimum absolute atomic E-state index is 0.235. The van der Waals surface area contributed by atoms with Crippen molar-refractivity contribution in [1.29, 1.82) is 0 Å². The summed E-state index contributed by atoms with van der Waals surface area (Å²) in [7, 11) is 0. The Labute approximate surface area is 92.0 Å². The minimum atomic E-state index is 0.235. The fourth-order valence-electron chi connectivity index (χ4n) is 1.87. The predicted molar refractivity (Wildman–Crippen MR) is 60.6 cm³/mol. The first-order chi connectivity index (χ1) is 7.25. The van der Waals surface area contributed by atoms with E-state index in [0.29, 0.717) is 18.5 Å². The number of carbonyl (C=O) groups excluding carboxylic acids is 1. The van der Waals surface area contributed by atoms with E-state index in [-0.39, 0.29) is 5.91 Å². The van der Waals surface area contributed by atoms with Crippen LogP contribution >= 0.6 is 0 Å². The number of hydrogen-bond donors (Lipinski definition) is 2. The largest absolute Gasteiger partial charge is 0.353 e. The minimum Gasteiger partial charge on any atom is -0.353 e. The van der Waals surface area contributed by atoms with Gasteiger partial charge in [-0.25, -0.2) is 0 Å². The first kappa shape index (κ1) is 10.9. The van der Waals surface area contributed by atoms with Crippen molar-refractivity contribution in [3.05, 3.63) is 0 Å². The third-order valence-corrected chi connectivity index (χ3v) is 3.32. The summed E-state index contributed by atoms with van der Waals surface area (Å²) in [5.41, 5.74) is 0. The van der Waals surface area contributed by atoms with Crippen LogP contribution < -0.4 is 10.6 Å². The standard InChI is InChI=1S/C12H22N2O/c1-9(10-4-5-10)13-8-2-3-12(15)14-11-6-7-11/h9-11,13H,2-8H2,1H3,(H,14,15). The highest BCUT2D eigenvalue weighted by Crippen LogP contribution is 2.32. The van der Waals surface area contributed by atoms with Gasteiger partial charge in [-0.3, -0.25) is 4.79 Å². The molecule has 2 aliphatic carbocycles. The molecule has 2 rings (SSSR count). The van der Waals surface area contributed by atoms with Gasteiger partial charge in [0.1, 0.15) is 0 Å². The Morgan fingerprint density at radius 3 is 2.67 bits per heavy atom. The maximum Gasteiger partial charge on any atom is 0.220 e. The van der Waals surface area contributed by atoms with Gasteiger partial charge in [-0.05, 0) is 51.5 Å². The lowest BCUT2D eigenvalue weighted by molar-refractivity contribution is -0.121. The van der Waals surface area contributed by atoms with Crippen LogP contribution in [0.3, 0.4) is 0 Å². The molecular weight excluding hydrogens is 188 g/mol. The average molecular weight is 210 g/mol. The molecule has 1 unspecified atom stereocenters. The van der Waals surface area contributed by atoms with Gasteiger partial charge in [-0.2, -0.15) is 0 Å². The van der Waals surface area contributed by atoms with Gasteiger partial charge in [0, 0.05) is 18.5 Å². The van der Waals surface area contributed by atoms with E-state index in [2.05, 4.69) is 17.6 Å². The van der Waals surface area contributed by atoms with Gasteiger partial charge in [0.2, 0.25) is 5.91 Å². The molecule has 0 aliphatic heterocycles. The molecule has 0 heterocycles. The Kier molecular flexibility index (Phi) is 3.62. The van der Waals surface area contributed by atoms with E-state index in [1.165, 1.54) is 25.7 Å². The molecule has 0 radical (unpaired) electrons. The lowest BCUT2D eigenvalue weighted by Gasteiger charge is -2.12. The van der Waals surface area contributed by atoms with Crippen molar-refractivity contribution in [3.63, 3.8) is 0 Å². The first-order valence-corrected chi connectivity index (χ1v) is 6.28. The third kappa shape index (κ3) is 4.20. The highest BCUT2D eigenvalue weighted by molar-refractivity contribution is 5.76. The van der Waals surface area contributed by atoms with Crippen molar-refractivity contribution in [3.8, 4) is 0 Å². The molecule has 15 heavy (non-hydrogen) atoms. The molecule has 0 aromatic carbocycles. The molecule has 0 aromatic rings. The van der Waals surface area contributed by atoms with Crippen molar-refractivity contribution in [2.45, 2.75) is 57.5 Å². The summed E-state index contributed by atoms with van der Waals surface area (Å²) in [6, 6.07) is 1.16. The molecule has 0 spiro atoms. The van der Waals surface area contributed by atoms with Crippen LogP contribution in [-0.2, 0) is 4.79 Å². The molecule has 0 aromatic heterocycles. The molecule has 2 aliphatic rings. The van der Waals surface area contributed by atoms with Crippen LogP contribution in [0.1, 0.15) is 45.4 Å². The number of hydrogen-bond acceptors (Lipinski definition) is 2. The zero-order valence-corrected chi connectivity index (χ0v) is 9.59. The molecule has 86 valence electrons. The van der Waals surface area contributed by atoms with Crippen molar-refractivity contribution in [2.75, 3.05) is 6.54 Å². The lowest BCUT2D eigenvalue weighted by atomic mass is 10.2. The lowest BCUT2D eigenvalue weighted by Crippen LogP contribution is -2.30. The number of carbonyl (C=O) groups is 1. The van der Waals surface area contributed by atoms with Crippen LogP contribution in [0.4, 0.5) is 0 Å². The summed E-state index contributed by atoms with van der Waals surface area (Å²) in [6.45, 7) is 3.23. The average Bonchev–Trinajstić information content (AvgIpc) is 3.00. The van der Waals surface area contributed by atoms with Gasteiger partial charge in [-0.15, -0.1) is 0 Å². The van der Waals surface area contributed by atoms with E-state index in [1.54, 1.807) is 0 Å². The molecule has 3 heteroatoms.